The van der Waals surface area contributed by atoms with Crippen LogP contribution in [0, 0.1) is 0 Å². The number of aliphatic hydroxyl groups is 1. The van der Waals surface area contributed by atoms with E-state index in [0.29, 0.717) is 24.5 Å². The molecule has 1 unspecified atom stereocenters. The van der Waals surface area contributed by atoms with Crippen molar-refractivity contribution < 1.29 is 9.90 Å². The standard InChI is InChI=1S/C16H25ClN2O2/c1-12(20)9-10-19(4)15(21)18-11-16(2,3)13-7-5-6-8-14(13)17/h5-8,12,20H,9-11H2,1-4H3,(H,18,21). The van der Waals surface area contributed by atoms with Crippen LogP contribution in [0.15, 0.2) is 24.3 Å². The van der Waals surface area contributed by atoms with Crippen LogP contribution in [-0.2, 0) is 5.41 Å². The van der Waals surface area contributed by atoms with Crippen LogP contribution in [0.5, 0.6) is 0 Å². The van der Waals surface area contributed by atoms with E-state index in [0.717, 1.165) is 5.56 Å². The van der Waals surface area contributed by atoms with E-state index in [1.54, 1.807) is 18.9 Å². The third kappa shape index (κ3) is 5.56. The molecule has 1 aromatic carbocycles. The number of carbonyl (C=O) groups excluding carboxylic acids is 1. The van der Waals surface area contributed by atoms with Gasteiger partial charge in [0.1, 0.15) is 0 Å². The molecule has 21 heavy (non-hydrogen) atoms. The zero-order chi connectivity index (χ0) is 16.0. The second-order valence-corrected chi connectivity index (χ2v) is 6.49. The fourth-order valence-electron chi connectivity index (χ4n) is 2.02. The lowest BCUT2D eigenvalue weighted by molar-refractivity contribution is 0.163. The maximum absolute atomic E-state index is 12.0. The summed E-state index contributed by atoms with van der Waals surface area (Å²) in [6.07, 6.45) is 0.164. The molecule has 0 aromatic heterocycles. The zero-order valence-electron chi connectivity index (χ0n) is 13.2. The van der Waals surface area contributed by atoms with Crippen molar-refractivity contribution in [1.29, 1.82) is 0 Å². The van der Waals surface area contributed by atoms with E-state index in [1.807, 2.05) is 38.1 Å². The molecule has 1 atom stereocenters. The minimum absolute atomic E-state index is 0.143. The quantitative estimate of drug-likeness (QED) is 0.848. The van der Waals surface area contributed by atoms with E-state index in [2.05, 4.69) is 5.32 Å². The number of urea groups is 1. The number of carbonyl (C=O) groups is 1. The maximum Gasteiger partial charge on any atom is 0.317 e. The third-order valence-corrected chi connectivity index (χ3v) is 3.84. The molecule has 1 rings (SSSR count). The van der Waals surface area contributed by atoms with Crippen LogP contribution in [-0.4, -0.2) is 42.3 Å². The first-order chi connectivity index (χ1) is 9.74. The summed E-state index contributed by atoms with van der Waals surface area (Å²) in [5.74, 6) is 0. The molecule has 4 nitrogen and oxygen atoms in total. The van der Waals surface area contributed by atoms with Gasteiger partial charge in [-0.15, -0.1) is 0 Å². The third-order valence-electron chi connectivity index (χ3n) is 3.51. The maximum atomic E-state index is 12.0. The molecule has 5 heteroatoms. The van der Waals surface area contributed by atoms with Gasteiger partial charge >= 0.3 is 6.03 Å². The van der Waals surface area contributed by atoms with Gasteiger partial charge in [-0.05, 0) is 25.0 Å². The number of nitrogens with one attached hydrogen (secondary N) is 1. The average molecular weight is 313 g/mol. The first-order valence-corrected chi connectivity index (χ1v) is 7.54. The Kier molecular flexibility index (Phi) is 6.49. The number of hydrogen-bond donors (Lipinski definition) is 2. The summed E-state index contributed by atoms with van der Waals surface area (Å²) >= 11 is 6.22. The molecule has 2 N–H and O–H groups in total. The van der Waals surface area contributed by atoms with Gasteiger partial charge in [-0.3, -0.25) is 0 Å². The SMILES string of the molecule is CC(O)CCN(C)C(=O)NCC(C)(C)c1ccccc1Cl. The molecule has 0 fully saturated rings. The summed E-state index contributed by atoms with van der Waals surface area (Å²) in [7, 11) is 1.72. The number of halogens is 1. The lowest BCUT2D eigenvalue weighted by Crippen LogP contribution is -2.43. The molecule has 0 heterocycles. The summed E-state index contributed by atoms with van der Waals surface area (Å²) in [6, 6.07) is 7.53. The van der Waals surface area contributed by atoms with Crippen LogP contribution in [0.4, 0.5) is 4.79 Å². The number of rotatable bonds is 6. The lowest BCUT2D eigenvalue weighted by Gasteiger charge is -2.28. The van der Waals surface area contributed by atoms with Crippen molar-refractivity contribution in [2.24, 2.45) is 0 Å². The molecule has 1 aromatic rings. The highest BCUT2D eigenvalue weighted by molar-refractivity contribution is 6.31. The molecule has 0 spiro atoms. The first-order valence-electron chi connectivity index (χ1n) is 7.16. The zero-order valence-corrected chi connectivity index (χ0v) is 13.9. The molecule has 0 bridgehead atoms. The van der Waals surface area contributed by atoms with Crippen LogP contribution < -0.4 is 5.32 Å². The van der Waals surface area contributed by atoms with Crippen molar-refractivity contribution in [3.63, 3.8) is 0 Å². The van der Waals surface area contributed by atoms with E-state index in [1.165, 1.54) is 0 Å². The fraction of sp³-hybridized carbons (Fsp3) is 0.562. The predicted octanol–water partition coefficient (Wildman–Crippen LogP) is 3.03. The van der Waals surface area contributed by atoms with Gasteiger partial charge in [0, 0.05) is 30.6 Å². The van der Waals surface area contributed by atoms with Crippen molar-refractivity contribution in [1.82, 2.24) is 10.2 Å². The Morgan fingerprint density at radius 3 is 2.62 bits per heavy atom. The molecular weight excluding hydrogens is 288 g/mol. The van der Waals surface area contributed by atoms with Crippen molar-refractivity contribution >= 4 is 17.6 Å². The van der Waals surface area contributed by atoms with Crippen molar-refractivity contribution in [2.45, 2.75) is 38.7 Å². The monoisotopic (exact) mass is 312 g/mol. The molecular formula is C16H25ClN2O2. The van der Waals surface area contributed by atoms with Crippen molar-refractivity contribution in [3.8, 4) is 0 Å². The molecule has 0 aliphatic rings. The number of aliphatic hydroxyl groups excluding tert-OH is 1. The van der Waals surface area contributed by atoms with Crippen molar-refractivity contribution in [3.05, 3.63) is 34.9 Å². The van der Waals surface area contributed by atoms with Gasteiger partial charge in [-0.1, -0.05) is 43.6 Å². The van der Waals surface area contributed by atoms with Gasteiger partial charge < -0.3 is 15.3 Å². The van der Waals surface area contributed by atoms with E-state index in [-0.39, 0.29) is 11.4 Å². The smallest absolute Gasteiger partial charge is 0.317 e. The highest BCUT2D eigenvalue weighted by atomic mass is 35.5. The molecule has 0 radical (unpaired) electrons. The summed E-state index contributed by atoms with van der Waals surface area (Å²) in [5, 5.41) is 12.9. The second kappa shape index (κ2) is 7.66. The number of nitrogens with zero attached hydrogens (tertiary/aromatic N) is 1. The van der Waals surface area contributed by atoms with Crippen LogP contribution in [0.25, 0.3) is 0 Å². The fourth-order valence-corrected chi connectivity index (χ4v) is 2.41. The van der Waals surface area contributed by atoms with Gasteiger partial charge in [0.05, 0.1) is 6.10 Å². The second-order valence-electron chi connectivity index (χ2n) is 6.08. The molecule has 2 amide bonds. The molecule has 0 aliphatic carbocycles. The number of hydrogen-bond acceptors (Lipinski definition) is 2. The normalized spacial score (nSPS) is 12.9. The summed E-state index contributed by atoms with van der Waals surface area (Å²) in [5.41, 5.74) is 0.762. The summed E-state index contributed by atoms with van der Waals surface area (Å²) in [4.78, 5) is 13.6. The highest BCUT2D eigenvalue weighted by Gasteiger charge is 2.24. The minimum atomic E-state index is -0.403. The Morgan fingerprint density at radius 1 is 1.43 bits per heavy atom. The van der Waals surface area contributed by atoms with Gasteiger partial charge in [0.25, 0.3) is 0 Å². The van der Waals surface area contributed by atoms with Crippen molar-refractivity contribution in [2.75, 3.05) is 20.1 Å². The van der Waals surface area contributed by atoms with Crippen LogP contribution >= 0.6 is 11.6 Å². The van der Waals surface area contributed by atoms with Crippen LogP contribution in [0.3, 0.4) is 0 Å². The van der Waals surface area contributed by atoms with Gasteiger partial charge in [0.2, 0.25) is 0 Å². The minimum Gasteiger partial charge on any atom is -0.393 e. The largest absolute Gasteiger partial charge is 0.393 e. The average Bonchev–Trinajstić information content (AvgIpc) is 2.42. The molecule has 0 aliphatic heterocycles. The summed E-state index contributed by atoms with van der Waals surface area (Å²) in [6.45, 7) is 6.82. The summed E-state index contributed by atoms with van der Waals surface area (Å²) < 4.78 is 0. The molecule has 0 saturated heterocycles. The van der Waals surface area contributed by atoms with E-state index >= 15 is 0 Å². The predicted molar refractivity (Wildman–Crippen MR) is 86.8 cm³/mol. The Balaban J connectivity index is 2.57. The van der Waals surface area contributed by atoms with E-state index < -0.39 is 6.10 Å². The number of amides is 2. The number of benzene rings is 1. The highest BCUT2D eigenvalue weighted by Crippen LogP contribution is 2.28. The van der Waals surface area contributed by atoms with E-state index in [4.69, 9.17) is 11.6 Å². The van der Waals surface area contributed by atoms with E-state index in [9.17, 15) is 9.90 Å². The first kappa shape index (κ1) is 17.8. The Morgan fingerprint density at radius 2 is 2.05 bits per heavy atom. The Hall–Kier alpha value is -1.26. The van der Waals surface area contributed by atoms with Crippen LogP contribution in [0.2, 0.25) is 5.02 Å². The Bertz CT molecular complexity index is 475. The molecule has 118 valence electrons. The molecule has 0 saturated carbocycles. The van der Waals surface area contributed by atoms with Gasteiger partial charge in [-0.25, -0.2) is 4.79 Å². The Labute approximate surface area is 132 Å². The van der Waals surface area contributed by atoms with Gasteiger partial charge in [0.15, 0.2) is 0 Å². The van der Waals surface area contributed by atoms with Crippen LogP contribution in [0.1, 0.15) is 32.8 Å². The topological polar surface area (TPSA) is 52.6 Å². The van der Waals surface area contributed by atoms with Gasteiger partial charge in [-0.2, -0.15) is 0 Å². The lowest BCUT2D eigenvalue weighted by atomic mass is 9.84.